The van der Waals surface area contributed by atoms with E-state index >= 15 is 0 Å². The monoisotopic (exact) mass is 807 g/mol. The van der Waals surface area contributed by atoms with Crippen LogP contribution < -0.4 is 25.2 Å². The molecule has 2 N–H and O–H groups in total. The van der Waals surface area contributed by atoms with Crippen molar-refractivity contribution in [1.82, 2.24) is 25.3 Å². The summed E-state index contributed by atoms with van der Waals surface area (Å²) in [7, 11) is 0. The number of rotatable bonds is 9. The lowest BCUT2D eigenvalue weighted by atomic mass is 9.88. The molecule has 0 bridgehead atoms. The molecule has 1 aromatic heterocycles. The van der Waals surface area contributed by atoms with Gasteiger partial charge in [-0.25, -0.2) is 0 Å². The molecule has 15 nitrogen and oxygen atoms in total. The number of halogens is 1. The molecule has 302 valence electrons. The fraction of sp³-hybridized carbons (Fsp3) is 0.476. The average Bonchev–Trinajstić information content (AvgIpc) is 3.65. The minimum Gasteiger partial charge on any atom is -0.490 e. The maximum absolute atomic E-state index is 13.3. The summed E-state index contributed by atoms with van der Waals surface area (Å²) in [6.45, 7) is 10.2. The first-order valence-electron chi connectivity index (χ1n) is 20.0. The molecule has 3 saturated heterocycles. The van der Waals surface area contributed by atoms with Gasteiger partial charge in [-0.1, -0.05) is 25.4 Å². The van der Waals surface area contributed by atoms with Gasteiger partial charge in [0.05, 0.1) is 21.7 Å². The smallest absolute Gasteiger partial charge is 0.262 e. The number of aromatic nitrogens is 2. The van der Waals surface area contributed by atoms with Crippen LogP contribution in [0.25, 0.3) is 0 Å². The molecule has 1 saturated carbocycles. The van der Waals surface area contributed by atoms with Crippen molar-refractivity contribution in [2.75, 3.05) is 60.9 Å². The van der Waals surface area contributed by atoms with Crippen LogP contribution in [0.2, 0.25) is 5.02 Å². The van der Waals surface area contributed by atoms with Crippen LogP contribution in [-0.4, -0.2) is 107 Å². The standard InChI is InChI=1S/C42H46ClN9O6/c1-42(2)22-27(19-34(42)58-29-5-3-26(23-44)32(43)21-29)38(54)45-35-8-9-36(48-47-35)51-13-11-25(12-14-51)24-49-15-17-50(18-16-49)28-4-6-30-31(20-28)41(57)52(40(30)56)33-7-10-37(53)46-39(33)55/h3-6,8-9,20-21,25,27,33-34H,7,10-19,22,24H2,1-2H3,(H,45,47,54)(H,46,53,55)/t27-,33?,34-/m1/s1. The van der Waals surface area contributed by atoms with Crippen molar-refractivity contribution in [3.8, 4) is 11.8 Å². The maximum atomic E-state index is 13.3. The van der Waals surface area contributed by atoms with Crippen LogP contribution in [0, 0.1) is 28.6 Å². The van der Waals surface area contributed by atoms with Crippen LogP contribution in [0.3, 0.4) is 0 Å². The number of carbonyl (C=O) groups excluding carboxylic acids is 5. The summed E-state index contributed by atoms with van der Waals surface area (Å²) in [6.07, 6.45) is 3.27. The highest BCUT2D eigenvalue weighted by atomic mass is 35.5. The number of piperazine rings is 1. The average molecular weight is 808 g/mol. The number of hydrogen-bond acceptors (Lipinski definition) is 12. The molecule has 5 aliphatic rings. The zero-order valence-electron chi connectivity index (χ0n) is 32.6. The Hall–Kier alpha value is -5.59. The summed E-state index contributed by atoms with van der Waals surface area (Å²) >= 11 is 6.21. The number of hydrogen-bond donors (Lipinski definition) is 2. The van der Waals surface area contributed by atoms with Crippen LogP contribution in [0.1, 0.15) is 78.7 Å². The Morgan fingerprint density at radius 2 is 1.69 bits per heavy atom. The van der Waals surface area contributed by atoms with E-state index in [1.54, 1.807) is 30.3 Å². The summed E-state index contributed by atoms with van der Waals surface area (Å²) in [5, 5.41) is 23.5. The Kier molecular flexibility index (Phi) is 10.8. The largest absolute Gasteiger partial charge is 0.490 e. The number of nitriles is 1. The molecule has 5 amide bonds. The lowest BCUT2D eigenvalue weighted by Gasteiger charge is -2.39. The lowest BCUT2D eigenvalue weighted by Crippen LogP contribution is -2.54. The molecule has 4 fully saturated rings. The molecular weight excluding hydrogens is 762 g/mol. The number of piperidine rings is 2. The molecule has 1 aliphatic carbocycles. The van der Waals surface area contributed by atoms with E-state index in [1.807, 2.05) is 18.2 Å². The second-order valence-corrected chi connectivity index (χ2v) is 17.1. The highest BCUT2D eigenvalue weighted by molar-refractivity contribution is 6.31. The predicted octanol–water partition coefficient (Wildman–Crippen LogP) is 4.26. The Morgan fingerprint density at radius 3 is 2.38 bits per heavy atom. The Labute approximate surface area is 341 Å². The third-order valence-electron chi connectivity index (χ3n) is 12.4. The summed E-state index contributed by atoms with van der Waals surface area (Å²) < 4.78 is 6.25. The SMILES string of the molecule is CC1(C)C[C@H](C(=O)Nc2ccc(N3CCC(CN4CCN(c5ccc6c(c5)C(=O)N(C5CCC(=O)NC5=O)C6=O)CC4)CC3)nn2)C[C@H]1Oc1ccc(C#N)c(Cl)c1. The van der Waals surface area contributed by atoms with Crippen molar-refractivity contribution >= 4 is 58.5 Å². The van der Waals surface area contributed by atoms with Crippen LogP contribution in [0.5, 0.6) is 5.75 Å². The molecule has 3 atom stereocenters. The predicted molar refractivity (Wildman–Crippen MR) is 214 cm³/mol. The summed E-state index contributed by atoms with van der Waals surface area (Å²) in [4.78, 5) is 71.7. The van der Waals surface area contributed by atoms with E-state index in [9.17, 15) is 24.0 Å². The van der Waals surface area contributed by atoms with Gasteiger partial charge >= 0.3 is 0 Å². The van der Waals surface area contributed by atoms with Gasteiger partial charge < -0.3 is 19.9 Å². The van der Waals surface area contributed by atoms with Crippen molar-refractivity contribution in [2.45, 2.75) is 64.5 Å². The quantitative estimate of drug-likeness (QED) is 0.294. The molecule has 16 heteroatoms. The fourth-order valence-electron chi connectivity index (χ4n) is 9.00. The fourth-order valence-corrected chi connectivity index (χ4v) is 9.21. The molecular formula is C42H46ClN9O6. The molecule has 0 spiro atoms. The van der Waals surface area contributed by atoms with Crippen molar-refractivity contribution in [3.05, 3.63) is 70.2 Å². The number of benzene rings is 2. The van der Waals surface area contributed by atoms with Gasteiger partial charge in [0.1, 0.15) is 24.0 Å². The molecule has 5 heterocycles. The topological polar surface area (TPSA) is 181 Å². The Morgan fingerprint density at radius 1 is 0.931 bits per heavy atom. The van der Waals surface area contributed by atoms with E-state index in [-0.39, 0.29) is 41.7 Å². The molecule has 3 aromatic rings. The van der Waals surface area contributed by atoms with E-state index in [4.69, 9.17) is 21.6 Å². The molecule has 0 radical (unpaired) electrons. The summed E-state index contributed by atoms with van der Waals surface area (Å²) in [5.74, 6) is -0.0403. The first-order chi connectivity index (χ1) is 27.9. The molecule has 1 unspecified atom stereocenters. The van der Waals surface area contributed by atoms with Gasteiger partial charge in [0.2, 0.25) is 17.7 Å². The number of nitrogens with one attached hydrogen (secondary N) is 2. The van der Waals surface area contributed by atoms with Crippen LogP contribution in [0.15, 0.2) is 48.5 Å². The first-order valence-corrected chi connectivity index (χ1v) is 20.3. The summed E-state index contributed by atoms with van der Waals surface area (Å²) in [5.41, 5.74) is 1.59. The normalized spacial score (nSPS) is 23.8. The Balaban J connectivity index is 0.775. The summed E-state index contributed by atoms with van der Waals surface area (Å²) in [6, 6.07) is 15.1. The van der Waals surface area contributed by atoms with E-state index in [2.05, 4.69) is 55.4 Å². The molecule has 8 rings (SSSR count). The van der Waals surface area contributed by atoms with E-state index in [0.29, 0.717) is 46.5 Å². The van der Waals surface area contributed by atoms with Gasteiger partial charge in [-0.15, -0.1) is 10.2 Å². The second kappa shape index (κ2) is 16.0. The minimum absolute atomic E-state index is 0.0868. The number of amides is 5. The Bertz CT molecular complexity index is 2180. The van der Waals surface area contributed by atoms with Gasteiger partial charge in [-0.2, -0.15) is 5.26 Å². The number of ether oxygens (including phenoxy) is 1. The second-order valence-electron chi connectivity index (χ2n) is 16.6. The minimum atomic E-state index is -0.979. The number of fused-ring (bicyclic) bond motifs is 1. The third-order valence-corrected chi connectivity index (χ3v) is 12.7. The first kappa shape index (κ1) is 39.2. The lowest BCUT2D eigenvalue weighted by molar-refractivity contribution is -0.136. The number of nitrogens with zero attached hydrogens (tertiary/aromatic N) is 7. The third kappa shape index (κ3) is 7.95. The molecule has 4 aliphatic heterocycles. The number of anilines is 3. The van der Waals surface area contributed by atoms with E-state index < -0.39 is 29.7 Å². The van der Waals surface area contributed by atoms with Gasteiger partial charge in [0, 0.05) is 75.3 Å². The highest BCUT2D eigenvalue weighted by Crippen LogP contribution is 2.44. The van der Waals surface area contributed by atoms with Crippen LogP contribution >= 0.6 is 11.6 Å². The van der Waals surface area contributed by atoms with Gasteiger partial charge in [-0.05, 0) is 80.5 Å². The van der Waals surface area contributed by atoms with Crippen molar-refractivity contribution in [3.63, 3.8) is 0 Å². The van der Waals surface area contributed by atoms with E-state index in [0.717, 1.165) is 75.1 Å². The number of imide groups is 2. The van der Waals surface area contributed by atoms with Crippen molar-refractivity contribution < 1.29 is 28.7 Å². The van der Waals surface area contributed by atoms with Gasteiger partial charge in [0.15, 0.2) is 11.6 Å². The zero-order valence-corrected chi connectivity index (χ0v) is 33.3. The molecule has 2 aromatic carbocycles. The van der Waals surface area contributed by atoms with Crippen LogP contribution in [0.4, 0.5) is 17.3 Å². The molecule has 58 heavy (non-hydrogen) atoms. The van der Waals surface area contributed by atoms with Gasteiger partial charge in [0.25, 0.3) is 11.8 Å². The van der Waals surface area contributed by atoms with Crippen molar-refractivity contribution in [2.24, 2.45) is 17.3 Å². The maximum Gasteiger partial charge on any atom is 0.262 e. The van der Waals surface area contributed by atoms with E-state index in [1.165, 1.54) is 0 Å². The zero-order chi connectivity index (χ0) is 40.7. The van der Waals surface area contributed by atoms with Gasteiger partial charge in [-0.3, -0.25) is 39.1 Å². The number of carbonyl (C=O) groups is 5. The van der Waals surface area contributed by atoms with Crippen molar-refractivity contribution in [1.29, 1.82) is 5.26 Å². The highest BCUT2D eigenvalue weighted by Gasteiger charge is 2.46. The van der Waals surface area contributed by atoms with Crippen LogP contribution in [-0.2, 0) is 14.4 Å².